The maximum atomic E-state index is 14.0. The van der Waals surface area contributed by atoms with E-state index in [4.69, 9.17) is 16.4 Å². The third kappa shape index (κ3) is 3.89. The van der Waals surface area contributed by atoms with E-state index >= 15 is 0 Å². The fraction of sp³-hybridized carbons (Fsp3) is 0.150. The highest BCUT2D eigenvalue weighted by atomic mass is 35.5. The van der Waals surface area contributed by atoms with Crippen LogP contribution in [0.4, 0.5) is 10.1 Å². The second-order valence-electron chi connectivity index (χ2n) is 6.33. The molecule has 0 radical (unpaired) electrons. The van der Waals surface area contributed by atoms with E-state index in [1.165, 1.54) is 12.1 Å². The van der Waals surface area contributed by atoms with Gasteiger partial charge in [0.1, 0.15) is 5.82 Å². The van der Waals surface area contributed by atoms with Gasteiger partial charge < -0.3 is 10.2 Å². The molecule has 4 rings (SSSR count). The molecule has 0 fully saturated rings. The molecule has 0 bridgehead atoms. The summed E-state index contributed by atoms with van der Waals surface area (Å²) in [4.78, 5) is 17.6. The van der Waals surface area contributed by atoms with Gasteiger partial charge in [0.15, 0.2) is 0 Å². The predicted molar refractivity (Wildman–Crippen MR) is 104 cm³/mol. The van der Waals surface area contributed by atoms with Crippen molar-refractivity contribution in [3.05, 3.63) is 82.9 Å². The van der Waals surface area contributed by atoms with E-state index in [0.717, 1.165) is 5.56 Å². The third-order valence-corrected chi connectivity index (χ3v) is 4.62. The van der Waals surface area contributed by atoms with E-state index < -0.39 is 11.9 Å². The van der Waals surface area contributed by atoms with Gasteiger partial charge >= 0.3 is 0 Å². The van der Waals surface area contributed by atoms with E-state index in [1.807, 2.05) is 30.3 Å². The standard InChI is InChI=1S/C20H16ClFN4O2/c21-15-7-4-8-16(22)19(15)17-9-18(28-25-17)20(27)24-14-10-23-26(12-14)11-13-5-2-1-3-6-13/h1-8,10,12,18H,9,11H2,(H,24,27). The first kappa shape index (κ1) is 18.2. The number of halogens is 2. The highest BCUT2D eigenvalue weighted by molar-refractivity contribution is 6.34. The number of hydrogen-bond acceptors (Lipinski definition) is 4. The fourth-order valence-corrected chi connectivity index (χ4v) is 3.22. The number of carbonyl (C=O) groups is 1. The fourth-order valence-electron chi connectivity index (χ4n) is 2.95. The topological polar surface area (TPSA) is 68.5 Å². The molecule has 2 aromatic carbocycles. The molecule has 0 spiro atoms. The lowest BCUT2D eigenvalue weighted by Crippen LogP contribution is -2.28. The molecule has 1 atom stereocenters. The van der Waals surface area contributed by atoms with Gasteiger partial charge in [-0.3, -0.25) is 9.48 Å². The molecule has 1 aliphatic heterocycles. The summed E-state index contributed by atoms with van der Waals surface area (Å²) in [5, 5.41) is 11.1. The van der Waals surface area contributed by atoms with E-state index in [2.05, 4.69) is 15.6 Å². The van der Waals surface area contributed by atoms with Gasteiger partial charge in [-0.25, -0.2) is 4.39 Å². The van der Waals surface area contributed by atoms with Crippen molar-refractivity contribution in [3.63, 3.8) is 0 Å². The van der Waals surface area contributed by atoms with Crippen molar-refractivity contribution < 1.29 is 14.0 Å². The molecule has 1 amide bonds. The van der Waals surface area contributed by atoms with Crippen molar-refractivity contribution in [3.8, 4) is 0 Å². The molecule has 28 heavy (non-hydrogen) atoms. The zero-order valence-corrected chi connectivity index (χ0v) is 15.4. The number of aromatic nitrogens is 2. The van der Waals surface area contributed by atoms with Gasteiger partial charge in [0.05, 0.1) is 34.7 Å². The van der Waals surface area contributed by atoms with Crippen molar-refractivity contribution in [1.82, 2.24) is 9.78 Å². The summed E-state index contributed by atoms with van der Waals surface area (Å²) in [7, 11) is 0. The molecule has 1 N–H and O–H groups in total. The SMILES string of the molecule is O=C(Nc1cnn(Cc2ccccc2)c1)C1CC(c2c(F)cccc2Cl)=NO1. The number of nitrogens with zero attached hydrogens (tertiary/aromatic N) is 3. The number of nitrogens with one attached hydrogen (secondary N) is 1. The lowest BCUT2D eigenvalue weighted by Gasteiger charge is -2.08. The summed E-state index contributed by atoms with van der Waals surface area (Å²) in [6.45, 7) is 0.593. The van der Waals surface area contributed by atoms with E-state index in [0.29, 0.717) is 17.9 Å². The Labute approximate surface area is 165 Å². The summed E-state index contributed by atoms with van der Waals surface area (Å²) in [6, 6.07) is 14.2. The molecule has 1 aliphatic rings. The van der Waals surface area contributed by atoms with Crippen LogP contribution in [0, 0.1) is 5.82 Å². The molecule has 1 unspecified atom stereocenters. The lowest BCUT2D eigenvalue weighted by molar-refractivity contribution is -0.125. The highest BCUT2D eigenvalue weighted by Gasteiger charge is 2.31. The van der Waals surface area contributed by atoms with E-state index in [-0.39, 0.29) is 22.9 Å². The maximum absolute atomic E-state index is 14.0. The zero-order chi connectivity index (χ0) is 19.5. The zero-order valence-electron chi connectivity index (χ0n) is 14.7. The van der Waals surface area contributed by atoms with Crippen LogP contribution in [0.25, 0.3) is 0 Å². The van der Waals surface area contributed by atoms with Gasteiger partial charge in [0, 0.05) is 12.6 Å². The van der Waals surface area contributed by atoms with Gasteiger partial charge in [-0.05, 0) is 17.7 Å². The Bertz CT molecular complexity index is 1020. The van der Waals surface area contributed by atoms with Crippen LogP contribution in [0.5, 0.6) is 0 Å². The first-order valence-corrected chi connectivity index (χ1v) is 9.02. The number of carbonyl (C=O) groups excluding carboxylic acids is 1. The first-order valence-electron chi connectivity index (χ1n) is 8.64. The van der Waals surface area contributed by atoms with Crippen LogP contribution in [0.1, 0.15) is 17.5 Å². The monoisotopic (exact) mass is 398 g/mol. The summed E-state index contributed by atoms with van der Waals surface area (Å²) in [5.41, 5.74) is 2.11. The Hall–Kier alpha value is -3.19. The molecule has 6 nitrogen and oxygen atoms in total. The van der Waals surface area contributed by atoms with E-state index in [9.17, 15) is 9.18 Å². The Morgan fingerprint density at radius 2 is 2.07 bits per heavy atom. The van der Waals surface area contributed by atoms with E-state index in [1.54, 1.807) is 23.1 Å². The molecule has 3 aromatic rings. The minimum absolute atomic E-state index is 0.130. The van der Waals surface area contributed by atoms with Gasteiger partial charge in [-0.2, -0.15) is 5.10 Å². The highest BCUT2D eigenvalue weighted by Crippen LogP contribution is 2.26. The first-order chi connectivity index (χ1) is 13.6. The van der Waals surface area contributed by atoms with Crippen molar-refractivity contribution in [2.24, 2.45) is 5.16 Å². The lowest BCUT2D eigenvalue weighted by atomic mass is 10.0. The molecule has 1 aromatic heterocycles. The van der Waals surface area contributed by atoms with Crippen LogP contribution in [0.2, 0.25) is 5.02 Å². The smallest absolute Gasteiger partial charge is 0.268 e. The van der Waals surface area contributed by atoms with Crippen LogP contribution in [0.15, 0.2) is 66.1 Å². The minimum atomic E-state index is -0.858. The number of hydrogen-bond donors (Lipinski definition) is 1. The summed E-state index contributed by atoms with van der Waals surface area (Å²) in [5.74, 6) is -0.886. The Morgan fingerprint density at radius 1 is 1.25 bits per heavy atom. The van der Waals surface area contributed by atoms with Crippen LogP contribution < -0.4 is 5.32 Å². The van der Waals surface area contributed by atoms with Gasteiger partial charge in [-0.1, -0.05) is 53.2 Å². The molecule has 8 heteroatoms. The predicted octanol–water partition coefficient (Wildman–Crippen LogP) is 3.86. The molecule has 0 saturated heterocycles. The number of benzene rings is 2. The Kier molecular flexibility index (Phi) is 5.08. The summed E-state index contributed by atoms with van der Waals surface area (Å²) in [6.07, 6.45) is 2.56. The van der Waals surface area contributed by atoms with Crippen molar-refractivity contribution in [1.29, 1.82) is 0 Å². The second kappa shape index (κ2) is 7.82. The Morgan fingerprint density at radius 3 is 2.86 bits per heavy atom. The third-order valence-electron chi connectivity index (χ3n) is 4.30. The quantitative estimate of drug-likeness (QED) is 0.709. The molecule has 0 aliphatic carbocycles. The molecule has 0 saturated carbocycles. The van der Waals surface area contributed by atoms with Crippen LogP contribution >= 0.6 is 11.6 Å². The van der Waals surface area contributed by atoms with Crippen LogP contribution in [0.3, 0.4) is 0 Å². The molecular weight excluding hydrogens is 383 g/mol. The van der Waals surface area contributed by atoms with Crippen molar-refractivity contribution in [2.45, 2.75) is 19.1 Å². The van der Waals surface area contributed by atoms with Gasteiger partial charge in [-0.15, -0.1) is 0 Å². The second-order valence-corrected chi connectivity index (χ2v) is 6.74. The number of oxime groups is 1. The molecular formula is C20H16ClFN4O2. The number of amides is 1. The van der Waals surface area contributed by atoms with Crippen LogP contribution in [-0.2, 0) is 16.2 Å². The minimum Gasteiger partial charge on any atom is -0.382 e. The normalized spacial score (nSPS) is 15.8. The Balaban J connectivity index is 1.38. The summed E-state index contributed by atoms with van der Waals surface area (Å²) >= 11 is 6.05. The molecule has 142 valence electrons. The average molecular weight is 399 g/mol. The van der Waals surface area contributed by atoms with Gasteiger partial charge in [0.2, 0.25) is 6.10 Å². The maximum Gasteiger partial charge on any atom is 0.268 e. The van der Waals surface area contributed by atoms with Crippen molar-refractivity contribution in [2.75, 3.05) is 5.32 Å². The average Bonchev–Trinajstić information content (AvgIpc) is 3.32. The summed E-state index contributed by atoms with van der Waals surface area (Å²) < 4.78 is 15.8. The largest absolute Gasteiger partial charge is 0.382 e. The van der Waals surface area contributed by atoms with Crippen LogP contribution in [-0.4, -0.2) is 27.5 Å². The van der Waals surface area contributed by atoms with Gasteiger partial charge in [0.25, 0.3) is 5.91 Å². The number of anilines is 1. The van der Waals surface area contributed by atoms with Crippen molar-refractivity contribution >= 4 is 28.9 Å². The molecule has 2 heterocycles. The number of rotatable bonds is 5.